The molecule has 138 valence electrons. The summed E-state index contributed by atoms with van der Waals surface area (Å²) in [5.41, 5.74) is 2.26. The van der Waals surface area contributed by atoms with Gasteiger partial charge in [-0.3, -0.25) is 5.41 Å². The minimum atomic E-state index is 0.168. The lowest BCUT2D eigenvalue weighted by molar-refractivity contribution is 0.339. The van der Waals surface area contributed by atoms with E-state index in [1.54, 1.807) is 19.1 Å². The van der Waals surface area contributed by atoms with Crippen molar-refractivity contribution in [3.05, 3.63) is 58.8 Å². The van der Waals surface area contributed by atoms with Crippen LogP contribution in [0.2, 0.25) is 0 Å². The summed E-state index contributed by atoms with van der Waals surface area (Å²) >= 11 is 1.48. The number of aromatic nitrogens is 1. The van der Waals surface area contributed by atoms with E-state index < -0.39 is 0 Å². The normalized spacial score (nSPS) is 14.3. The Morgan fingerprint density at radius 3 is 2.74 bits per heavy atom. The fourth-order valence-corrected chi connectivity index (χ4v) is 4.22. The van der Waals surface area contributed by atoms with Gasteiger partial charge in [0.2, 0.25) is 0 Å². The van der Waals surface area contributed by atoms with Crippen LogP contribution in [-0.2, 0) is 6.54 Å². The first-order chi connectivity index (χ1) is 13.1. The number of hydrogen-bond donors (Lipinski definition) is 2. The second-order valence-electron chi connectivity index (χ2n) is 6.19. The second kappa shape index (κ2) is 6.92. The highest BCUT2D eigenvalue weighted by molar-refractivity contribution is 7.19. The molecule has 4 rings (SSSR count). The van der Waals surface area contributed by atoms with Gasteiger partial charge in [0.1, 0.15) is 28.1 Å². The first-order valence-corrected chi connectivity index (χ1v) is 9.25. The van der Waals surface area contributed by atoms with Crippen LogP contribution in [-0.4, -0.2) is 41.6 Å². The van der Waals surface area contributed by atoms with Gasteiger partial charge in [0, 0.05) is 12.1 Å². The third-order valence-corrected chi connectivity index (χ3v) is 5.59. The molecule has 0 unspecified atom stereocenters. The van der Waals surface area contributed by atoms with Gasteiger partial charge in [0.25, 0.3) is 0 Å². The van der Waals surface area contributed by atoms with Crippen LogP contribution in [0.15, 0.2) is 48.2 Å². The summed E-state index contributed by atoms with van der Waals surface area (Å²) in [6, 6.07) is 13.4. The lowest BCUT2D eigenvalue weighted by Gasteiger charge is -2.20. The quantitative estimate of drug-likeness (QED) is 0.696. The zero-order chi connectivity index (χ0) is 19.0. The Labute approximate surface area is 160 Å². The molecule has 0 spiro atoms. The fourth-order valence-electron chi connectivity index (χ4n) is 3.18. The third-order valence-electron chi connectivity index (χ3n) is 4.54. The van der Waals surface area contributed by atoms with Gasteiger partial charge in [-0.1, -0.05) is 12.1 Å². The SMILES string of the molecule is COc1ccc(OC)c(CN2CC(O)=C(c3nc4ccccc4s3)C2=N)c1. The Hall–Kier alpha value is -3.06. The van der Waals surface area contributed by atoms with Crippen molar-refractivity contribution in [2.45, 2.75) is 6.54 Å². The van der Waals surface area contributed by atoms with Crippen molar-refractivity contribution in [2.75, 3.05) is 20.8 Å². The number of amidine groups is 1. The number of fused-ring (bicyclic) bond motifs is 1. The molecule has 0 amide bonds. The third kappa shape index (κ3) is 3.10. The van der Waals surface area contributed by atoms with Gasteiger partial charge >= 0.3 is 0 Å². The topological polar surface area (TPSA) is 78.7 Å². The standard InChI is InChI=1S/C20H19N3O3S/c1-25-13-7-8-16(26-2)12(9-13)10-23-11-15(24)18(19(23)21)20-22-14-5-3-4-6-17(14)27-20/h3-9,21,24H,10-11H2,1-2H3. The van der Waals surface area contributed by atoms with Gasteiger partial charge in [-0.15, -0.1) is 11.3 Å². The Morgan fingerprint density at radius 2 is 2.00 bits per heavy atom. The molecule has 27 heavy (non-hydrogen) atoms. The van der Waals surface area contributed by atoms with E-state index in [9.17, 15) is 5.11 Å². The van der Waals surface area contributed by atoms with E-state index in [1.165, 1.54) is 11.3 Å². The van der Waals surface area contributed by atoms with Gasteiger partial charge < -0.3 is 19.5 Å². The molecular weight excluding hydrogens is 362 g/mol. The molecule has 0 radical (unpaired) electrons. The molecule has 0 saturated heterocycles. The Balaban J connectivity index is 1.62. The molecule has 1 aliphatic heterocycles. The van der Waals surface area contributed by atoms with Crippen molar-refractivity contribution in [1.82, 2.24) is 9.88 Å². The number of benzene rings is 2. The molecule has 2 aromatic carbocycles. The smallest absolute Gasteiger partial charge is 0.135 e. The number of hydrogen-bond acceptors (Lipinski definition) is 6. The summed E-state index contributed by atoms with van der Waals surface area (Å²) in [4.78, 5) is 6.39. The summed E-state index contributed by atoms with van der Waals surface area (Å²) in [6.45, 7) is 0.697. The van der Waals surface area contributed by atoms with Crippen LogP contribution < -0.4 is 9.47 Å². The zero-order valence-corrected chi connectivity index (χ0v) is 15.8. The maximum absolute atomic E-state index is 10.5. The Morgan fingerprint density at radius 1 is 1.19 bits per heavy atom. The van der Waals surface area contributed by atoms with Crippen molar-refractivity contribution in [2.24, 2.45) is 0 Å². The van der Waals surface area contributed by atoms with Crippen LogP contribution in [0.5, 0.6) is 11.5 Å². The van der Waals surface area contributed by atoms with Crippen LogP contribution in [0.25, 0.3) is 15.8 Å². The van der Waals surface area contributed by atoms with Crippen molar-refractivity contribution < 1.29 is 14.6 Å². The number of rotatable bonds is 5. The van der Waals surface area contributed by atoms with E-state index in [0.717, 1.165) is 27.3 Å². The molecule has 0 bridgehead atoms. The maximum Gasteiger partial charge on any atom is 0.135 e. The monoisotopic (exact) mass is 381 g/mol. The van der Waals surface area contributed by atoms with E-state index in [1.807, 2.05) is 42.5 Å². The molecule has 0 saturated carbocycles. The van der Waals surface area contributed by atoms with Crippen LogP contribution in [0.3, 0.4) is 0 Å². The van der Waals surface area contributed by atoms with Gasteiger partial charge in [0.05, 0.1) is 36.6 Å². The maximum atomic E-state index is 10.5. The molecule has 3 aromatic rings. The number of ether oxygens (including phenoxy) is 2. The highest BCUT2D eigenvalue weighted by Gasteiger charge is 2.31. The first-order valence-electron chi connectivity index (χ1n) is 8.43. The Bertz CT molecular complexity index is 1020. The number of para-hydroxylation sites is 1. The molecule has 2 N–H and O–H groups in total. The van der Waals surface area contributed by atoms with Crippen LogP contribution in [0.4, 0.5) is 0 Å². The van der Waals surface area contributed by atoms with Gasteiger partial charge in [-0.2, -0.15) is 0 Å². The summed E-state index contributed by atoms with van der Waals surface area (Å²) in [7, 11) is 3.23. The summed E-state index contributed by atoms with van der Waals surface area (Å²) < 4.78 is 11.8. The molecule has 1 aromatic heterocycles. The molecular formula is C20H19N3O3S. The molecule has 0 fully saturated rings. The van der Waals surface area contributed by atoms with E-state index in [4.69, 9.17) is 14.9 Å². The number of thiazole rings is 1. The van der Waals surface area contributed by atoms with Crippen LogP contribution in [0.1, 0.15) is 10.6 Å². The minimum Gasteiger partial charge on any atom is -0.510 e. The summed E-state index contributed by atoms with van der Waals surface area (Å²) in [6.07, 6.45) is 0. The second-order valence-corrected chi connectivity index (χ2v) is 7.22. The molecule has 2 heterocycles. The average molecular weight is 381 g/mol. The van der Waals surface area contributed by atoms with Crippen molar-refractivity contribution in [3.8, 4) is 11.5 Å². The molecule has 1 aliphatic rings. The van der Waals surface area contributed by atoms with E-state index >= 15 is 0 Å². The number of aliphatic hydroxyl groups is 1. The van der Waals surface area contributed by atoms with Gasteiger partial charge in [-0.25, -0.2) is 4.98 Å². The van der Waals surface area contributed by atoms with E-state index in [0.29, 0.717) is 17.1 Å². The average Bonchev–Trinajstić information content (AvgIpc) is 3.21. The van der Waals surface area contributed by atoms with Crippen LogP contribution in [0, 0.1) is 5.41 Å². The molecule has 7 heteroatoms. The molecule has 0 atom stereocenters. The van der Waals surface area contributed by atoms with Gasteiger partial charge in [0.15, 0.2) is 0 Å². The number of nitrogens with one attached hydrogen (secondary N) is 1. The van der Waals surface area contributed by atoms with Crippen molar-refractivity contribution in [1.29, 1.82) is 5.41 Å². The largest absolute Gasteiger partial charge is 0.510 e. The zero-order valence-electron chi connectivity index (χ0n) is 15.0. The first kappa shape index (κ1) is 17.4. The molecule has 6 nitrogen and oxygen atoms in total. The lowest BCUT2D eigenvalue weighted by Crippen LogP contribution is -2.26. The molecule has 0 aliphatic carbocycles. The van der Waals surface area contributed by atoms with Crippen molar-refractivity contribution >= 4 is 33.0 Å². The summed E-state index contributed by atoms with van der Waals surface area (Å²) in [5.74, 6) is 1.87. The number of methoxy groups -OCH3 is 2. The predicted octanol–water partition coefficient (Wildman–Crippen LogP) is 4.08. The lowest BCUT2D eigenvalue weighted by atomic mass is 10.1. The highest BCUT2D eigenvalue weighted by Crippen LogP contribution is 2.34. The predicted molar refractivity (Wildman–Crippen MR) is 107 cm³/mol. The van der Waals surface area contributed by atoms with Crippen molar-refractivity contribution in [3.63, 3.8) is 0 Å². The van der Waals surface area contributed by atoms with E-state index in [-0.39, 0.29) is 18.1 Å². The number of nitrogens with zero attached hydrogens (tertiary/aromatic N) is 2. The minimum absolute atomic E-state index is 0.168. The van der Waals surface area contributed by atoms with Gasteiger partial charge in [-0.05, 0) is 30.3 Å². The number of aliphatic hydroxyl groups excluding tert-OH is 1. The highest BCUT2D eigenvalue weighted by atomic mass is 32.1. The van der Waals surface area contributed by atoms with Crippen LogP contribution >= 0.6 is 11.3 Å². The fraction of sp³-hybridized carbons (Fsp3) is 0.200. The van der Waals surface area contributed by atoms with E-state index in [2.05, 4.69) is 4.98 Å². The Kier molecular flexibility index (Phi) is 4.45. The summed E-state index contributed by atoms with van der Waals surface area (Å²) in [5, 5.41) is 19.8.